The van der Waals surface area contributed by atoms with E-state index in [9.17, 15) is 34.2 Å². The normalized spacial score (nSPS) is 13.6. The highest BCUT2D eigenvalue weighted by atomic mass is 16.5. The Bertz CT molecular complexity index is 1150. The molecule has 3 rings (SSSR count). The summed E-state index contributed by atoms with van der Waals surface area (Å²) in [6.45, 7) is -0.283. The van der Waals surface area contributed by atoms with E-state index < -0.39 is 48.7 Å². The fourth-order valence-electron chi connectivity index (χ4n) is 3.32. The zero-order chi connectivity index (χ0) is 24.8. The Morgan fingerprint density at radius 2 is 1.85 bits per heavy atom. The summed E-state index contributed by atoms with van der Waals surface area (Å²) < 4.78 is 5.51. The molecule has 34 heavy (non-hydrogen) atoms. The third kappa shape index (κ3) is 5.79. The SMILES string of the molecule is Nc1ccc2c(c1)C(=O)N(CC(=O)N[C@@H](CC(=O)O)C(=O)Nc1ccccc1C(=O)O)CCO2. The van der Waals surface area contributed by atoms with Gasteiger partial charge in [0.1, 0.15) is 18.4 Å². The van der Waals surface area contributed by atoms with E-state index in [1.54, 1.807) is 12.1 Å². The molecule has 0 saturated carbocycles. The average molecular weight is 470 g/mol. The highest BCUT2D eigenvalue weighted by molar-refractivity contribution is 6.04. The lowest BCUT2D eigenvalue weighted by Crippen LogP contribution is -2.49. The summed E-state index contributed by atoms with van der Waals surface area (Å²) in [5.41, 5.74) is 5.99. The van der Waals surface area contributed by atoms with Crippen LogP contribution in [0.15, 0.2) is 42.5 Å². The lowest BCUT2D eigenvalue weighted by atomic mass is 10.1. The first-order chi connectivity index (χ1) is 16.2. The Morgan fingerprint density at radius 3 is 2.56 bits per heavy atom. The van der Waals surface area contributed by atoms with E-state index in [4.69, 9.17) is 10.5 Å². The minimum atomic E-state index is -1.52. The van der Waals surface area contributed by atoms with Crippen molar-refractivity contribution < 1.29 is 38.9 Å². The molecule has 2 aromatic carbocycles. The van der Waals surface area contributed by atoms with Crippen LogP contribution in [-0.4, -0.2) is 70.5 Å². The number of benzene rings is 2. The second kappa shape index (κ2) is 10.3. The second-order valence-corrected chi connectivity index (χ2v) is 7.39. The minimum absolute atomic E-state index is 0.0568. The number of fused-ring (bicyclic) bond motifs is 1. The number of nitrogens with one attached hydrogen (secondary N) is 2. The van der Waals surface area contributed by atoms with Crippen molar-refractivity contribution in [3.05, 3.63) is 53.6 Å². The fraction of sp³-hybridized carbons (Fsp3) is 0.227. The standard InChI is InChI=1S/C22H22N4O8/c23-12-5-6-17-14(9-12)21(31)26(7-8-34-17)11-18(27)24-16(10-19(28)29)20(30)25-15-4-2-1-3-13(15)22(32)33/h1-6,9,16H,7-8,10-11,23H2,(H,24,27)(H,25,30)(H,28,29)(H,32,33)/t16-/m0/s1. The second-order valence-electron chi connectivity index (χ2n) is 7.39. The maximum Gasteiger partial charge on any atom is 0.337 e. The van der Waals surface area contributed by atoms with Crippen molar-refractivity contribution in [3.8, 4) is 5.75 Å². The minimum Gasteiger partial charge on any atom is -0.491 e. The first-order valence-electron chi connectivity index (χ1n) is 10.1. The van der Waals surface area contributed by atoms with Gasteiger partial charge in [-0.25, -0.2) is 4.79 Å². The molecular formula is C22H22N4O8. The van der Waals surface area contributed by atoms with Crippen LogP contribution >= 0.6 is 0 Å². The van der Waals surface area contributed by atoms with Crippen molar-refractivity contribution in [2.75, 3.05) is 30.7 Å². The van der Waals surface area contributed by atoms with Crippen LogP contribution in [-0.2, 0) is 14.4 Å². The zero-order valence-electron chi connectivity index (χ0n) is 17.8. The molecule has 12 nitrogen and oxygen atoms in total. The van der Waals surface area contributed by atoms with E-state index in [1.807, 2.05) is 0 Å². The van der Waals surface area contributed by atoms with E-state index in [-0.39, 0.29) is 30.0 Å². The number of nitrogens with zero attached hydrogens (tertiary/aromatic N) is 1. The van der Waals surface area contributed by atoms with Crippen LogP contribution < -0.4 is 21.1 Å². The Kier molecular flexibility index (Phi) is 7.31. The van der Waals surface area contributed by atoms with Crippen LogP contribution in [0.5, 0.6) is 5.75 Å². The maximum atomic E-state index is 12.8. The molecule has 1 heterocycles. The van der Waals surface area contributed by atoms with Crippen molar-refractivity contribution in [3.63, 3.8) is 0 Å². The summed E-state index contributed by atoms with van der Waals surface area (Å²) in [7, 11) is 0. The van der Waals surface area contributed by atoms with E-state index in [0.29, 0.717) is 11.4 Å². The predicted octanol–water partition coefficient (Wildman–Crippen LogP) is 0.400. The number of carboxylic acids is 2. The highest BCUT2D eigenvalue weighted by Crippen LogP contribution is 2.25. The van der Waals surface area contributed by atoms with Gasteiger partial charge in [0.15, 0.2) is 0 Å². The number of aliphatic carboxylic acids is 1. The number of carboxylic acid groups (broad SMARTS) is 2. The van der Waals surface area contributed by atoms with Gasteiger partial charge in [0.05, 0.1) is 36.3 Å². The molecule has 0 aromatic heterocycles. The van der Waals surface area contributed by atoms with Crippen molar-refractivity contribution in [2.45, 2.75) is 12.5 Å². The van der Waals surface area contributed by atoms with E-state index in [0.717, 1.165) is 0 Å². The summed E-state index contributed by atoms with van der Waals surface area (Å²) in [5, 5.41) is 23.1. The summed E-state index contributed by atoms with van der Waals surface area (Å²) >= 11 is 0. The number of carbonyl (C=O) groups is 5. The Labute approximate surface area is 193 Å². The predicted molar refractivity (Wildman–Crippen MR) is 118 cm³/mol. The molecule has 0 spiro atoms. The molecule has 0 unspecified atom stereocenters. The van der Waals surface area contributed by atoms with Crippen molar-refractivity contribution in [1.82, 2.24) is 10.2 Å². The van der Waals surface area contributed by atoms with Gasteiger partial charge in [-0.15, -0.1) is 0 Å². The Morgan fingerprint density at radius 1 is 1.12 bits per heavy atom. The third-order valence-corrected chi connectivity index (χ3v) is 4.92. The van der Waals surface area contributed by atoms with Gasteiger partial charge in [0, 0.05) is 5.69 Å². The zero-order valence-corrected chi connectivity index (χ0v) is 17.8. The summed E-state index contributed by atoms with van der Waals surface area (Å²) in [6.07, 6.45) is -0.761. The lowest BCUT2D eigenvalue weighted by molar-refractivity contribution is -0.139. The number of para-hydroxylation sites is 1. The van der Waals surface area contributed by atoms with Gasteiger partial charge in [-0.05, 0) is 30.3 Å². The van der Waals surface area contributed by atoms with Crippen LogP contribution in [0, 0.1) is 0 Å². The molecule has 0 aliphatic carbocycles. The Hall–Kier alpha value is -4.61. The monoisotopic (exact) mass is 470 g/mol. The fourth-order valence-corrected chi connectivity index (χ4v) is 3.32. The molecule has 6 N–H and O–H groups in total. The number of aromatic carboxylic acids is 1. The van der Waals surface area contributed by atoms with Gasteiger partial charge in [0.25, 0.3) is 5.91 Å². The largest absolute Gasteiger partial charge is 0.491 e. The van der Waals surface area contributed by atoms with Crippen molar-refractivity contribution in [1.29, 1.82) is 0 Å². The number of carbonyl (C=O) groups excluding carboxylic acids is 3. The molecule has 0 saturated heterocycles. The quantitative estimate of drug-likeness (QED) is 0.340. The number of ether oxygens (including phenoxy) is 1. The van der Waals surface area contributed by atoms with E-state index >= 15 is 0 Å². The maximum absolute atomic E-state index is 12.8. The molecule has 2 aromatic rings. The molecule has 1 aliphatic rings. The number of nitrogens with two attached hydrogens (primary N) is 1. The van der Waals surface area contributed by atoms with Crippen molar-refractivity contribution in [2.24, 2.45) is 0 Å². The summed E-state index contributed by atoms with van der Waals surface area (Å²) in [6, 6.07) is 8.58. The highest BCUT2D eigenvalue weighted by Gasteiger charge is 2.29. The molecule has 178 valence electrons. The van der Waals surface area contributed by atoms with Gasteiger partial charge in [-0.1, -0.05) is 12.1 Å². The van der Waals surface area contributed by atoms with Gasteiger partial charge < -0.3 is 36.2 Å². The van der Waals surface area contributed by atoms with E-state index in [2.05, 4.69) is 10.6 Å². The third-order valence-electron chi connectivity index (χ3n) is 4.92. The molecular weight excluding hydrogens is 448 g/mol. The van der Waals surface area contributed by atoms with Gasteiger partial charge >= 0.3 is 11.9 Å². The van der Waals surface area contributed by atoms with Crippen LogP contribution in [0.25, 0.3) is 0 Å². The molecule has 3 amide bonds. The summed E-state index contributed by atoms with van der Waals surface area (Å²) in [4.78, 5) is 62.0. The van der Waals surface area contributed by atoms with Gasteiger partial charge in [-0.3, -0.25) is 19.2 Å². The first-order valence-corrected chi connectivity index (χ1v) is 10.1. The van der Waals surface area contributed by atoms with Crippen LogP contribution in [0.2, 0.25) is 0 Å². The number of hydrogen-bond donors (Lipinski definition) is 5. The number of hydrogen-bond acceptors (Lipinski definition) is 7. The smallest absolute Gasteiger partial charge is 0.337 e. The lowest BCUT2D eigenvalue weighted by Gasteiger charge is -2.22. The van der Waals surface area contributed by atoms with Crippen LogP contribution in [0.3, 0.4) is 0 Å². The van der Waals surface area contributed by atoms with Crippen molar-refractivity contribution >= 4 is 41.0 Å². The molecule has 1 atom stereocenters. The first kappa shape index (κ1) is 24.0. The Balaban J connectivity index is 1.72. The summed E-state index contributed by atoms with van der Waals surface area (Å²) in [5.74, 6) is -4.55. The van der Waals surface area contributed by atoms with E-state index in [1.165, 1.54) is 35.2 Å². The molecule has 0 radical (unpaired) electrons. The number of amides is 3. The number of rotatable bonds is 8. The molecule has 12 heteroatoms. The molecule has 0 fully saturated rings. The molecule has 0 bridgehead atoms. The number of nitrogen functional groups attached to an aromatic ring is 1. The topological polar surface area (TPSA) is 188 Å². The molecule has 1 aliphatic heterocycles. The van der Waals surface area contributed by atoms with Gasteiger partial charge in [-0.2, -0.15) is 0 Å². The van der Waals surface area contributed by atoms with Crippen LogP contribution in [0.4, 0.5) is 11.4 Å². The average Bonchev–Trinajstić information content (AvgIpc) is 2.92. The van der Waals surface area contributed by atoms with Crippen LogP contribution in [0.1, 0.15) is 27.1 Å². The number of anilines is 2. The van der Waals surface area contributed by atoms with Gasteiger partial charge in [0.2, 0.25) is 11.8 Å².